The number of rotatable bonds is 6. The molecule has 1 N–H and O–H groups in total. The first-order chi connectivity index (χ1) is 16.9. The average Bonchev–Trinajstić information content (AvgIpc) is 2.90. The van der Waals surface area contributed by atoms with Crippen molar-refractivity contribution in [1.82, 2.24) is 19.8 Å². The van der Waals surface area contributed by atoms with E-state index in [4.69, 9.17) is 4.74 Å². The number of aliphatic hydroxyl groups excluding tert-OH is 1. The minimum atomic E-state index is -0.420. The molecule has 8 heteroatoms. The van der Waals surface area contributed by atoms with Crippen LogP contribution in [0, 0.1) is 5.92 Å². The largest absolute Gasteiger partial charge is 0.472 e. The molecule has 0 saturated heterocycles. The predicted octanol–water partition coefficient (Wildman–Crippen LogP) is 3.14. The van der Waals surface area contributed by atoms with Gasteiger partial charge in [-0.3, -0.25) is 14.6 Å². The van der Waals surface area contributed by atoms with Gasteiger partial charge in [-0.25, -0.2) is 4.98 Å². The highest BCUT2D eigenvalue weighted by Crippen LogP contribution is 2.30. The number of carbonyl (C=O) groups excluding carboxylic acids is 2. The van der Waals surface area contributed by atoms with Crippen molar-refractivity contribution in [1.29, 1.82) is 0 Å². The molecule has 0 aliphatic carbocycles. The molecule has 4 rings (SSSR count). The van der Waals surface area contributed by atoms with Gasteiger partial charge in [-0.15, -0.1) is 0 Å². The maximum atomic E-state index is 13.6. The number of pyridine rings is 2. The van der Waals surface area contributed by atoms with Crippen LogP contribution in [0.15, 0.2) is 67.1 Å². The summed E-state index contributed by atoms with van der Waals surface area (Å²) in [5.41, 5.74) is 2.56. The molecule has 3 atom stereocenters. The Labute approximate surface area is 205 Å². The molecule has 3 heterocycles. The van der Waals surface area contributed by atoms with Crippen LogP contribution in [-0.2, 0) is 0 Å². The zero-order valence-corrected chi connectivity index (χ0v) is 20.2. The summed E-state index contributed by atoms with van der Waals surface area (Å²) < 4.78 is 6.30. The Hall–Kier alpha value is -3.78. The molecule has 0 radical (unpaired) electrons. The Balaban J connectivity index is 1.68. The zero-order chi connectivity index (χ0) is 24.9. The Bertz CT molecular complexity index is 1170. The van der Waals surface area contributed by atoms with Crippen LogP contribution in [0.3, 0.4) is 0 Å². The predicted molar refractivity (Wildman–Crippen MR) is 132 cm³/mol. The summed E-state index contributed by atoms with van der Waals surface area (Å²) in [6.45, 7) is 4.29. The number of likely N-dealkylation sites (N-methyl/N-ethyl adjacent to an activating group) is 1. The molecule has 1 aromatic carbocycles. The molecule has 2 amide bonds. The minimum Gasteiger partial charge on any atom is -0.472 e. The monoisotopic (exact) mass is 474 g/mol. The third-order valence-corrected chi connectivity index (χ3v) is 6.34. The second-order valence-corrected chi connectivity index (χ2v) is 8.99. The standard InChI is InChI=1S/C27H30N4O4/c1-18-15-31(19(2)17-32)27(34)23-12-22(20-8-5-4-6-9-20)14-29-25(23)35-24(18)16-30(3)26(33)21-10-7-11-28-13-21/h4-14,18-19,24,32H,15-17H2,1-3H3/t18-,19-,24+/m1/s1. The van der Waals surface area contributed by atoms with Gasteiger partial charge in [0.25, 0.3) is 11.8 Å². The second kappa shape index (κ2) is 10.7. The van der Waals surface area contributed by atoms with Crippen molar-refractivity contribution in [2.24, 2.45) is 5.92 Å². The van der Waals surface area contributed by atoms with Crippen LogP contribution >= 0.6 is 0 Å². The normalized spacial score (nSPS) is 18.6. The molecule has 0 unspecified atom stereocenters. The zero-order valence-electron chi connectivity index (χ0n) is 20.2. The Morgan fingerprint density at radius 1 is 1.20 bits per heavy atom. The number of aliphatic hydroxyl groups is 1. The highest BCUT2D eigenvalue weighted by Gasteiger charge is 2.35. The van der Waals surface area contributed by atoms with Gasteiger partial charge in [0.1, 0.15) is 11.7 Å². The summed E-state index contributed by atoms with van der Waals surface area (Å²) in [5, 5.41) is 9.84. The van der Waals surface area contributed by atoms with Gasteiger partial charge in [-0.1, -0.05) is 37.3 Å². The van der Waals surface area contributed by atoms with Gasteiger partial charge < -0.3 is 19.6 Å². The van der Waals surface area contributed by atoms with E-state index < -0.39 is 6.10 Å². The Morgan fingerprint density at radius 3 is 2.66 bits per heavy atom. The van der Waals surface area contributed by atoms with Crippen LogP contribution in [-0.4, -0.2) is 75.6 Å². The number of hydrogen-bond acceptors (Lipinski definition) is 6. The molecule has 0 bridgehead atoms. The van der Waals surface area contributed by atoms with Crippen LogP contribution in [0.1, 0.15) is 34.6 Å². The van der Waals surface area contributed by atoms with E-state index in [-0.39, 0.29) is 36.3 Å². The van der Waals surface area contributed by atoms with Crippen molar-refractivity contribution in [3.8, 4) is 17.0 Å². The topological polar surface area (TPSA) is 95.9 Å². The van der Waals surface area contributed by atoms with Crippen molar-refractivity contribution >= 4 is 11.8 Å². The molecule has 0 fully saturated rings. The number of aromatic nitrogens is 2. The number of benzene rings is 1. The maximum absolute atomic E-state index is 13.6. The summed E-state index contributed by atoms with van der Waals surface area (Å²) in [6.07, 6.45) is 4.43. The molecule has 0 spiro atoms. The quantitative estimate of drug-likeness (QED) is 0.590. The summed E-state index contributed by atoms with van der Waals surface area (Å²) in [5.74, 6) is -0.304. The first-order valence-electron chi connectivity index (χ1n) is 11.7. The summed E-state index contributed by atoms with van der Waals surface area (Å²) in [7, 11) is 1.72. The maximum Gasteiger partial charge on any atom is 0.259 e. The van der Waals surface area contributed by atoms with E-state index in [1.807, 2.05) is 44.2 Å². The van der Waals surface area contributed by atoms with Gasteiger partial charge in [0.2, 0.25) is 5.88 Å². The van der Waals surface area contributed by atoms with Gasteiger partial charge in [-0.2, -0.15) is 0 Å². The molecule has 3 aromatic rings. The molecule has 8 nitrogen and oxygen atoms in total. The van der Waals surface area contributed by atoms with E-state index in [9.17, 15) is 14.7 Å². The fraction of sp³-hybridized carbons (Fsp3) is 0.333. The third-order valence-electron chi connectivity index (χ3n) is 6.34. The van der Waals surface area contributed by atoms with Crippen LogP contribution in [0.4, 0.5) is 0 Å². The van der Waals surface area contributed by atoms with E-state index in [1.165, 1.54) is 6.20 Å². The lowest BCUT2D eigenvalue weighted by Crippen LogP contribution is -2.50. The SMILES string of the molecule is C[C@@H]1CN([C@H](C)CO)C(=O)c2cc(-c3ccccc3)cnc2O[C@H]1CN(C)C(=O)c1cccnc1. The van der Waals surface area contributed by atoms with Crippen molar-refractivity contribution in [2.75, 3.05) is 26.7 Å². The highest BCUT2D eigenvalue weighted by atomic mass is 16.5. The lowest BCUT2D eigenvalue weighted by atomic mass is 9.99. The minimum absolute atomic E-state index is 0.124. The number of hydrogen-bond donors (Lipinski definition) is 1. The van der Waals surface area contributed by atoms with E-state index in [0.717, 1.165) is 11.1 Å². The molecule has 35 heavy (non-hydrogen) atoms. The summed E-state index contributed by atoms with van der Waals surface area (Å²) >= 11 is 0. The average molecular weight is 475 g/mol. The summed E-state index contributed by atoms with van der Waals surface area (Å²) in [4.78, 5) is 38.3. The number of carbonyl (C=O) groups is 2. The molecule has 1 aliphatic rings. The van der Waals surface area contributed by atoms with Crippen molar-refractivity contribution < 1.29 is 19.4 Å². The summed E-state index contributed by atoms with van der Waals surface area (Å²) in [6, 6.07) is 14.5. The first kappa shape index (κ1) is 24.3. The number of fused-ring (bicyclic) bond motifs is 1. The van der Waals surface area contributed by atoms with Crippen molar-refractivity contribution in [3.05, 3.63) is 78.2 Å². The number of amides is 2. The van der Waals surface area contributed by atoms with Crippen LogP contribution in [0.5, 0.6) is 5.88 Å². The van der Waals surface area contributed by atoms with Crippen molar-refractivity contribution in [2.45, 2.75) is 26.0 Å². The molecular formula is C27H30N4O4. The van der Waals surface area contributed by atoms with Crippen LogP contribution < -0.4 is 4.74 Å². The number of nitrogens with zero attached hydrogens (tertiary/aromatic N) is 4. The lowest BCUT2D eigenvalue weighted by Gasteiger charge is -2.37. The van der Waals surface area contributed by atoms with E-state index in [1.54, 1.807) is 47.4 Å². The van der Waals surface area contributed by atoms with E-state index in [0.29, 0.717) is 24.2 Å². The smallest absolute Gasteiger partial charge is 0.259 e. The van der Waals surface area contributed by atoms with Gasteiger partial charge in [0, 0.05) is 43.7 Å². The highest BCUT2D eigenvalue weighted by molar-refractivity contribution is 5.98. The fourth-order valence-electron chi connectivity index (χ4n) is 4.17. The van der Waals surface area contributed by atoms with E-state index in [2.05, 4.69) is 9.97 Å². The first-order valence-corrected chi connectivity index (χ1v) is 11.7. The van der Waals surface area contributed by atoms with Crippen molar-refractivity contribution in [3.63, 3.8) is 0 Å². The Morgan fingerprint density at radius 2 is 1.97 bits per heavy atom. The van der Waals surface area contributed by atoms with Crippen LogP contribution in [0.2, 0.25) is 0 Å². The molecule has 1 aliphatic heterocycles. The second-order valence-electron chi connectivity index (χ2n) is 8.99. The Kier molecular flexibility index (Phi) is 7.41. The molecule has 2 aromatic heterocycles. The van der Waals surface area contributed by atoms with Gasteiger partial charge in [-0.05, 0) is 30.7 Å². The van der Waals surface area contributed by atoms with Gasteiger partial charge in [0.15, 0.2) is 0 Å². The van der Waals surface area contributed by atoms with Gasteiger partial charge >= 0.3 is 0 Å². The molecule has 0 saturated carbocycles. The molecular weight excluding hydrogens is 444 g/mol. The fourth-order valence-corrected chi connectivity index (χ4v) is 4.17. The van der Waals surface area contributed by atoms with Gasteiger partial charge in [0.05, 0.1) is 24.8 Å². The van der Waals surface area contributed by atoms with E-state index >= 15 is 0 Å². The lowest BCUT2D eigenvalue weighted by molar-refractivity contribution is 0.0313. The number of ether oxygens (including phenoxy) is 1. The van der Waals surface area contributed by atoms with Crippen LogP contribution in [0.25, 0.3) is 11.1 Å². The molecule has 182 valence electrons. The third kappa shape index (κ3) is 5.33.